The van der Waals surface area contributed by atoms with E-state index in [-0.39, 0.29) is 35.6 Å². The number of carbonyl (C=O) groups excluding carboxylic acids is 1. The Bertz CT molecular complexity index is 831. The van der Waals surface area contributed by atoms with Crippen LogP contribution in [0.2, 0.25) is 0 Å². The Balaban J connectivity index is 1.85. The van der Waals surface area contributed by atoms with Crippen molar-refractivity contribution in [1.82, 2.24) is 10.2 Å². The molecule has 0 spiro atoms. The maximum absolute atomic E-state index is 12.9. The standard InChI is InChI=1S/C20H24N2O4/c1-3-12-7-16(19(25)8-18(12)24)20(26)22-9-14-5-4-13(6-15(14)10-22)17(11-23)21-2/h4-8,17,21,23-25H,3,9-11H2,1-2H3. The van der Waals surface area contributed by atoms with Gasteiger partial charge in [0.05, 0.1) is 18.2 Å². The van der Waals surface area contributed by atoms with Crippen molar-refractivity contribution < 1.29 is 20.1 Å². The highest BCUT2D eigenvalue weighted by molar-refractivity contribution is 5.97. The predicted octanol–water partition coefficient (Wildman–Crippen LogP) is 2.07. The molecule has 0 aromatic heterocycles. The average molecular weight is 356 g/mol. The zero-order valence-corrected chi connectivity index (χ0v) is 15.0. The van der Waals surface area contributed by atoms with Crippen molar-refractivity contribution in [3.8, 4) is 11.5 Å². The number of nitrogens with zero attached hydrogens (tertiary/aromatic N) is 1. The summed E-state index contributed by atoms with van der Waals surface area (Å²) in [6.07, 6.45) is 0.572. The van der Waals surface area contributed by atoms with Gasteiger partial charge in [-0.1, -0.05) is 25.1 Å². The Morgan fingerprint density at radius 3 is 2.54 bits per heavy atom. The van der Waals surface area contributed by atoms with E-state index >= 15 is 0 Å². The van der Waals surface area contributed by atoms with Crippen molar-refractivity contribution in [1.29, 1.82) is 0 Å². The first-order valence-electron chi connectivity index (χ1n) is 8.72. The first kappa shape index (κ1) is 18.2. The molecule has 138 valence electrons. The SMILES string of the molecule is CCc1cc(C(=O)N2Cc3ccc(C(CO)NC)cc3C2)c(O)cc1O. The Hall–Kier alpha value is -2.57. The quantitative estimate of drug-likeness (QED) is 0.658. The zero-order chi connectivity index (χ0) is 18.8. The monoisotopic (exact) mass is 356 g/mol. The van der Waals surface area contributed by atoms with Gasteiger partial charge < -0.3 is 25.5 Å². The fourth-order valence-corrected chi connectivity index (χ4v) is 3.39. The second kappa shape index (κ2) is 7.35. The van der Waals surface area contributed by atoms with Crippen LogP contribution in [0.1, 0.15) is 45.6 Å². The maximum atomic E-state index is 12.9. The Morgan fingerprint density at radius 1 is 1.15 bits per heavy atom. The Kier molecular flexibility index (Phi) is 5.15. The minimum atomic E-state index is -0.262. The van der Waals surface area contributed by atoms with Gasteiger partial charge in [-0.3, -0.25) is 4.79 Å². The summed E-state index contributed by atoms with van der Waals surface area (Å²) >= 11 is 0. The summed E-state index contributed by atoms with van der Waals surface area (Å²) in [5, 5.41) is 32.4. The molecular formula is C20H24N2O4. The van der Waals surface area contributed by atoms with Crippen LogP contribution >= 0.6 is 0 Å². The third-order valence-electron chi connectivity index (χ3n) is 4.98. The third kappa shape index (κ3) is 3.25. The summed E-state index contributed by atoms with van der Waals surface area (Å²) in [5.74, 6) is -0.475. The number of rotatable bonds is 5. The number of aryl methyl sites for hydroxylation is 1. The van der Waals surface area contributed by atoms with Gasteiger partial charge in [0.15, 0.2) is 0 Å². The minimum Gasteiger partial charge on any atom is -0.508 e. The van der Waals surface area contributed by atoms with Gasteiger partial charge in [0.1, 0.15) is 11.5 Å². The number of aliphatic hydroxyl groups is 1. The van der Waals surface area contributed by atoms with Gasteiger partial charge in [-0.25, -0.2) is 0 Å². The number of carbonyl (C=O) groups is 1. The lowest BCUT2D eigenvalue weighted by Gasteiger charge is -2.17. The molecule has 6 heteroatoms. The summed E-state index contributed by atoms with van der Waals surface area (Å²) in [4.78, 5) is 14.6. The van der Waals surface area contributed by atoms with Gasteiger partial charge >= 0.3 is 0 Å². The number of hydrogen-bond acceptors (Lipinski definition) is 5. The molecule has 1 unspecified atom stereocenters. The van der Waals surface area contributed by atoms with Gasteiger partial charge in [0.25, 0.3) is 5.91 Å². The fourth-order valence-electron chi connectivity index (χ4n) is 3.39. The molecule has 1 atom stereocenters. The molecule has 2 aromatic carbocycles. The Morgan fingerprint density at radius 2 is 1.88 bits per heavy atom. The van der Waals surface area contributed by atoms with Crippen LogP contribution in [0.15, 0.2) is 30.3 Å². The van der Waals surface area contributed by atoms with Gasteiger partial charge in [0.2, 0.25) is 0 Å². The van der Waals surface area contributed by atoms with Crippen LogP contribution in [0, 0.1) is 0 Å². The molecule has 0 aliphatic carbocycles. The highest BCUT2D eigenvalue weighted by Gasteiger charge is 2.27. The number of phenols is 2. The average Bonchev–Trinajstić information content (AvgIpc) is 3.06. The van der Waals surface area contributed by atoms with Crippen molar-refractivity contribution >= 4 is 5.91 Å². The van der Waals surface area contributed by atoms with Crippen LogP contribution in [0.5, 0.6) is 11.5 Å². The van der Waals surface area contributed by atoms with Crippen molar-refractivity contribution in [3.05, 3.63) is 58.1 Å². The van der Waals surface area contributed by atoms with Crippen LogP contribution in [-0.4, -0.2) is 39.8 Å². The topological polar surface area (TPSA) is 93.0 Å². The minimum absolute atomic E-state index is 0.000886. The zero-order valence-electron chi connectivity index (χ0n) is 15.0. The fraction of sp³-hybridized carbons (Fsp3) is 0.350. The number of amides is 1. The molecule has 0 saturated carbocycles. The molecule has 6 nitrogen and oxygen atoms in total. The van der Waals surface area contributed by atoms with Crippen molar-refractivity contribution in [2.75, 3.05) is 13.7 Å². The van der Waals surface area contributed by atoms with Crippen molar-refractivity contribution in [3.63, 3.8) is 0 Å². The number of aliphatic hydroxyl groups excluding tert-OH is 1. The van der Waals surface area contributed by atoms with E-state index in [1.54, 1.807) is 18.0 Å². The highest BCUT2D eigenvalue weighted by Crippen LogP contribution is 2.32. The first-order chi connectivity index (χ1) is 12.5. The molecular weight excluding hydrogens is 332 g/mol. The van der Waals surface area contributed by atoms with Crippen LogP contribution < -0.4 is 5.32 Å². The van der Waals surface area contributed by atoms with Gasteiger partial charge in [-0.15, -0.1) is 0 Å². The second-order valence-corrected chi connectivity index (χ2v) is 6.56. The molecule has 0 radical (unpaired) electrons. The van der Waals surface area contributed by atoms with Crippen LogP contribution in [0.3, 0.4) is 0 Å². The molecule has 26 heavy (non-hydrogen) atoms. The van der Waals surface area contributed by atoms with E-state index in [9.17, 15) is 20.1 Å². The smallest absolute Gasteiger partial charge is 0.258 e. The van der Waals surface area contributed by atoms with Gasteiger partial charge in [-0.05, 0) is 41.8 Å². The van der Waals surface area contributed by atoms with E-state index in [2.05, 4.69) is 5.32 Å². The van der Waals surface area contributed by atoms with Gasteiger partial charge in [-0.2, -0.15) is 0 Å². The number of fused-ring (bicyclic) bond motifs is 1. The summed E-state index contributed by atoms with van der Waals surface area (Å²) in [5.41, 5.74) is 3.91. The molecule has 1 heterocycles. The maximum Gasteiger partial charge on any atom is 0.258 e. The lowest BCUT2D eigenvalue weighted by atomic mass is 10.0. The largest absolute Gasteiger partial charge is 0.508 e. The number of hydrogen-bond donors (Lipinski definition) is 4. The molecule has 1 aliphatic heterocycles. The predicted molar refractivity (Wildman–Crippen MR) is 98.1 cm³/mol. The van der Waals surface area contributed by atoms with E-state index in [0.29, 0.717) is 25.1 Å². The van der Waals surface area contributed by atoms with E-state index in [4.69, 9.17) is 0 Å². The normalized spacial score (nSPS) is 14.3. The summed E-state index contributed by atoms with van der Waals surface area (Å²) in [6, 6.07) is 8.59. The molecule has 0 saturated heterocycles. The van der Waals surface area contributed by atoms with E-state index in [0.717, 1.165) is 16.7 Å². The molecule has 2 aromatic rings. The van der Waals surface area contributed by atoms with Crippen molar-refractivity contribution in [2.24, 2.45) is 0 Å². The lowest BCUT2D eigenvalue weighted by molar-refractivity contribution is 0.0748. The third-order valence-corrected chi connectivity index (χ3v) is 4.98. The number of aromatic hydroxyl groups is 2. The molecule has 0 fully saturated rings. The summed E-state index contributed by atoms with van der Waals surface area (Å²) in [7, 11) is 1.79. The van der Waals surface area contributed by atoms with E-state index < -0.39 is 0 Å². The van der Waals surface area contributed by atoms with Crippen LogP contribution in [0.25, 0.3) is 0 Å². The first-order valence-corrected chi connectivity index (χ1v) is 8.72. The number of nitrogens with one attached hydrogen (secondary N) is 1. The molecule has 4 N–H and O–H groups in total. The van der Waals surface area contributed by atoms with Gasteiger partial charge in [0, 0.05) is 19.2 Å². The molecule has 1 amide bonds. The second-order valence-electron chi connectivity index (χ2n) is 6.56. The number of likely N-dealkylation sites (N-methyl/N-ethyl adjacent to an activating group) is 1. The molecule has 3 rings (SSSR count). The van der Waals surface area contributed by atoms with Crippen LogP contribution in [0.4, 0.5) is 0 Å². The summed E-state index contributed by atoms with van der Waals surface area (Å²) in [6.45, 7) is 2.80. The Labute approximate surface area is 152 Å². The summed E-state index contributed by atoms with van der Waals surface area (Å²) < 4.78 is 0. The van der Waals surface area contributed by atoms with Crippen molar-refractivity contribution in [2.45, 2.75) is 32.5 Å². The lowest BCUT2D eigenvalue weighted by Crippen LogP contribution is -2.25. The highest BCUT2D eigenvalue weighted by atomic mass is 16.3. The molecule has 0 bridgehead atoms. The number of benzene rings is 2. The van der Waals surface area contributed by atoms with E-state index in [1.807, 2.05) is 25.1 Å². The molecule has 1 aliphatic rings. The van der Waals surface area contributed by atoms with E-state index in [1.165, 1.54) is 6.07 Å². The number of phenolic OH excluding ortho intramolecular Hbond substituents is 2. The van der Waals surface area contributed by atoms with Crippen LogP contribution in [-0.2, 0) is 19.5 Å².